The van der Waals surface area contributed by atoms with Crippen LogP contribution in [0.15, 0.2) is 73.3 Å². The zero-order chi connectivity index (χ0) is 26.3. The molecule has 3 aromatic carbocycles. The first kappa shape index (κ1) is 26.5. The van der Waals surface area contributed by atoms with Gasteiger partial charge in [-0.15, -0.1) is 0 Å². The molecule has 190 valence electrons. The maximum Gasteiger partial charge on any atom is 0.119 e. The highest BCUT2D eigenvalue weighted by molar-refractivity contribution is 6.94. The maximum absolute atomic E-state index is 6.28. The molecule has 0 bridgehead atoms. The molecule has 0 N–H and O–H groups in total. The van der Waals surface area contributed by atoms with E-state index in [1.807, 2.05) is 6.08 Å². The summed E-state index contributed by atoms with van der Waals surface area (Å²) in [5, 5.41) is 1.44. The Morgan fingerprint density at radius 2 is 1.28 bits per heavy atom. The average molecular weight is 497 g/mol. The molecule has 1 nitrogen and oxygen atoms in total. The van der Waals surface area contributed by atoms with Crippen molar-refractivity contribution in [3.63, 3.8) is 0 Å². The largest absolute Gasteiger partial charge is 0.490 e. The summed E-state index contributed by atoms with van der Waals surface area (Å²) in [6.07, 6.45) is 1.85. The van der Waals surface area contributed by atoms with Gasteiger partial charge in [0.05, 0.1) is 0 Å². The first-order chi connectivity index (χ1) is 17.0. The summed E-state index contributed by atoms with van der Waals surface area (Å²) in [6, 6.07) is 25.8. The first-order valence-corrected chi connectivity index (χ1v) is 16.1. The monoisotopic (exact) mass is 496 g/mol. The summed E-state index contributed by atoms with van der Waals surface area (Å²) in [5.74, 6) is 1.04. The molecule has 0 radical (unpaired) electrons. The molecule has 0 spiro atoms. The third-order valence-electron chi connectivity index (χ3n) is 8.35. The molecular weight excluding hydrogens is 452 g/mol. The van der Waals surface area contributed by atoms with Crippen LogP contribution in [0, 0.1) is 0 Å². The molecule has 0 atom stereocenters. The Labute approximate surface area is 220 Å². The Bertz CT molecular complexity index is 1190. The van der Waals surface area contributed by atoms with E-state index in [1.54, 1.807) is 0 Å². The third-order valence-corrected chi connectivity index (χ3v) is 14.1. The number of benzene rings is 3. The number of hydrogen-bond acceptors (Lipinski definition) is 1. The lowest BCUT2D eigenvalue weighted by Crippen LogP contribution is -2.52. The van der Waals surface area contributed by atoms with E-state index in [4.69, 9.17) is 4.74 Å². The Morgan fingerprint density at radius 3 is 1.72 bits per heavy atom. The third kappa shape index (κ3) is 4.49. The highest BCUT2D eigenvalue weighted by Crippen LogP contribution is 2.52. The summed E-state index contributed by atoms with van der Waals surface area (Å²) in [5.41, 5.74) is 9.36. The van der Waals surface area contributed by atoms with Crippen LogP contribution in [0.4, 0.5) is 0 Å². The van der Waals surface area contributed by atoms with Gasteiger partial charge in [-0.1, -0.05) is 135 Å². The standard InChI is InChI=1S/C34H44OSi/c1-10-21-35-30-15-13-14-16-31(30)36(11-2,12-3)32-26-19-17-24(33(4,5)6)22-28(26)29-23-25(34(7,8)9)18-20-27(29)32/h10,13-20,22-23,32H,1,11-12,21H2,2-9H3. The molecule has 0 amide bonds. The molecule has 2 heteroatoms. The van der Waals surface area contributed by atoms with Crippen LogP contribution >= 0.6 is 0 Å². The van der Waals surface area contributed by atoms with Crippen molar-refractivity contribution in [2.24, 2.45) is 0 Å². The second kappa shape index (κ2) is 9.71. The van der Waals surface area contributed by atoms with Gasteiger partial charge in [-0.25, -0.2) is 0 Å². The molecule has 36 heavy (non-hydrogen) atoms. The summed E-state index contributed by atoms with van der Waals surface area (Å²) in [7, 11) is -2.07. The van der Waals surface area contributed by atoms with Crippen molar-refractivity contribution < 1.29 is 4.74 Å². The van der Waals surface area contributed by atoms with Crippen LogP contribution in [0.5, 0.6) is 5.75 Å². The first-order valence-electron chi connectivity index (χ1n) is 13.6. The fraction of sp³-hybridized carbons (Fsp3) is 0.412. The van der Waals surface area contributed by atoms with Crippen LogP contribution in [0.2, 0.25) is 12.1 Å². The molecule has 0 aromatic heterocycles. The van der Waals surface area contributed by atoms with Gasteiger partial charge in [0.1, 0.15) is 20.4 Å². The van der Waals surface area contributed by atoms with Gasteiger partial charge >= 0.3 is 0 Å². The second-order valence-corrected chi connectivity index (χ2v) is 17.3. The van der Waals surface area contributed by atoms with Gasteiger partial charge < -0.3 is 4.74 Å². The van der Waals surface area contributed by atoms with Gasteiger partial charge in [-0.3, -0.25) is 0 Å². The van der Waals surface area contributed by atoms with Crippen molar-refractivity contribution in [2.75, 3.05) is 6.61 Å². The Hall–Kier alpha value is -2.58. The maximum atomic E-state index is 6.28. The van der Waals surface area contributed by atoms with Gasteiger partial charge in [0.2, 0.25) is 0 Å². The number of hydrogen-bond donors (Lipinski definition) is 0. The molecule has 0 aliphatic heterocycles. The predicted molar refractivity (Wildman–Crippen MR) is 160 cm³/mol. The molecule has 0 unspecified atom stereocenters. The fourth-order valence-electron chi connectivity index (χ4n) is 6.13. The highest BCUT2D eigenvalue weighted by Gasteiger charge is 2.48. The number of para-hydroxylation sites is 1. The Morgan fingerprint density at radius 1 is 0.778 bits per heavy atom. The smallest absolute Gasteiger partial charge is 0.119 e. The van der Waals surface area contributed by atoms with E-state index in [2.05, 4.69) is 123 Å². The molecule has 1 aliphatic rings. The van der Waals surface area contributed by atoms with Gasteiger partial charge in [-0.2, -0.15) is 0 Å². The van der Waals surface area contributed by atoms with Gasteiger partial charge in [0, 0.05) is 5.54 Å². The van der Waals surface area contributed by atoms with E-state index in [0.29, 0.717) is 12.1 Å². The van der Waals surface area contributed by atoms with E-state index in [0.717, 1.165) is 5.75 Å². The SMILES string of the molecule is C=CCOc1ccccc1[Si](CC)(CC)C1c2ccc(C(C)(C)C)cc2-c2cc(C(C)(C)C)ccc21. The molecule has 3 aromatic rings. The van der Waals surface area contributed by atoms with Crippen molar-refractivity contribution >= 4 is 13.3 Å². The van der Waals surface area contributed by atoms with Crippen molar-refractivity contribution in [3.8, 4) is 16.9 Å². The van der Waals surface area contributed by atoms with Crippen molar-refractivity contribution in [1.29, 1.82) is 0 Å². The lowest BCUT2D eigenvalue weighted by Gasteiger charge is -2.38. The van der Waals surface area contributed by atoms with E-state index in [1.165, 1.54) is 50.7 Å². The van der Waals surface area contributed by atoms with Crippen molar-refractivity contribution in [3.05, 3.63) is 95.6 Å². The summed E-state index contributed by atoms with van der Waals surface area (Å²) >= 11 is 0. The van der Waals surface area contributed by atoms with Crippen LogP contribution < -0.4 is 9.92 Å². The average Bonchev–Trinajstić information content (AvgIpc) is 3.17. The van der Waals surface area contributed by atoms with Crippen molar-refractivity contribution in [2.45, 2.75) is 83.8 Å². The van der Waals surface area contributed by atoms with Crippen LogP contribution in [0.1, 0.15) is 83.2 Å². The zero-order valence-electron chi connectivity index (χ0n) is 23.7. The minimum Gasteiger partial charge on any atom is -0.490 e. The molecule has 0 heterocycles. The van der Waals surface area contributed by atoms with Crippen molar-refractivity contribution in [1.82, 2.24) is 0 Å². The number of rotatable bonds is 7. The topological polar surface area (TPSA) is 9.23 Å². The molecule has 0 saturated heterocycles. The van der Waals surface area contributed by atoms with Gasteiger partial charge in [0.15, 0.2) is 0 Å². The zero-order valence-corrected chi connectivity index (χ0v) is 24.7. The number of ether oxygens (including phenoxy) is 1. The lowest BCUT2D eigenvalue weighted by molar-refractivity contribution is 0.366. The Kier molecular flexibility index (Phi) is 7.14. The minimum atomic E-state index is -2.07. The van der Waals surface area contributed by atoms with E-state index < -0.39 is 8.07 Å². The molecular formula is C34H44OSi. The molecule has 1 aliphatic carbocycles. The normalized spacial score (nSPS) is 13.9. The molecule has 0 saturated carbocycles. The quantitative estimate of drug-likeness (QED) is 0.234. The lowest BCUT2D eigenvalue weighted by atomic mass is 9.83. The van der Waals surface area contributed by atoms with E-state index in [9.17, 15) is 0 Å². The molecule has 4 rings (SSSR count). The second-order valence-electron chi connectivity index (χ2n) is 12.5. The molecule has 0 fully saturated rings. The van der Waals surface area contributed by atoms with Crippen LogP contribution in [0.3, 0.4) is 0 Å². The summed E-state index contributed by atoms with van der Waals surface area (Å²) in [6.45, 7) is 23.1. The fourth-order valence-corrected chi connectivity index (χ4v) is 11.3. The van der Waals surface area contributed by atoms with E-state index in [-0.39, 0.29) is 10.8 Å². The highest BCUT2D eigenvalue weighted by atomic mass is 28.3. The summed E-state index contributed by atoms with van der Waals surface area (Å²) in [4.78, 5) is 0. The number of fused-ring (bicyclic) bond motifs is 3. The Balaban J connectivity index is 2.02. The van der Waals surface area contributed by atoms with Crippen LogP contribution in [0.25, 0.3) is 11.1 Å². The van der Waals surface area contributed by atoms with Gasteiger partial charge in [-0.05, 0) is 55.5 Å². The van der Waals surface area contributed by atoms with E-state index >= 15 is 0 Å². The van der Waals surface area contributed by atoms with Crippen LogP contribution in [-0.2, 0) is 10.8 Å². The summed E-state index contributed by atoms with van der Waals surface area (Å²) < 4.78 is 6.28. The minimum absolute atomic E-state index is 0.115. The predicted octanol–water partition coefficient (Wildman–Crippen LogP) is 8.89. The van der Waals surface area contributed by atoms with Gasteiger partial charge in [0.25, 0.3) is 0 Å². The van der Waals surface area contributed by atoms with Crippen LogP contribution in [-0.4, -0.2) is 14.7 Å².